The Morgan fingerprint density at radius 2 is 2.10 bits per heavy atom. The van der Waals surface area contributed by atoms with E-state index in [4.69, 9.17) is 0 Å². The lowest BCUT2D eigenvalue weighted by atomic mass is 10.0. The zero-order valence-corrected chi connectivity index (χ0v) is 12.7. The summed E-state index contributed by atoms with van der Waals surface area (Å²) < 4.78 is 40.5. The van der Waals surface area contributed by atoms with Crippen LogP contribution >= 0.6 is 0 Å². The molecule has 5 nitrogen and oxygen atoms in total. The van der Waals surface area contributed by atoms with Crippen LogP contribution < -0.4 is 4.31 Å². The molecule has 3 rings (SSSR count). The van der Waals surface area contributed by atoms with Crippen molar-refractivity contribution in [1.29, 1.82) is 0 Å². The molecule has 0 saturated heterocycles. The van der Waals surface area contributed by atoms with E-state index in [0.717, 1.165) is 5.56 Å². The summed E-state index contributed by atoms with van der Waals surface area (Å²) in [6.07, 6.45) is 1.36. The molecular weight excluding hydrogens is 293 g/mol. The Hall–Kier alpha value is -1.89. The van der Waals surface area contributed by atoms with Crippen molar-refractivity contribution in [2.75, 3.05) is 10.8 Å². The number of nitrogens with one attached hydrogen (secondary N) is 1. The molecule has 2 heterocycles. The summed E-state index contributed by atoms with van der Waals surface area (Å²) in [4.78, 5) is 0.208. The number of hydrogen-bond donors (Lipinski definition) is 1. The maximum absolute atomic E-state index is 13.3. The maximum atomic E-state index is 13.3. The van der Waals surface area contributed by atoms with Crippen molar-refractivity contribution < 1.29 is 12.8 Å². The third-order valence-electron chi connectivity index (χ3n) is 3.73. The Kier molecular flexibility index (Phi) is 3.24. The van der Waals surface area contributed by atoms with Gasteiger partial charge in [0.15, 0.2) is 0 Å². The number of anilines is 1. The minimum absolute atomic E-state index is 0.208. The first-order valence-corrected chi connectivity index (χ1v) is 8.18. The predicted molar refractivity (Wildman–Crippen MR) is 77.3 cm³/mol. The van der Waals surface area contributed by atoms with Crippen molar-refractivity contribution in [3.63, 3.8) is 0 Å². The minimum Gasteiger partial charge on any atom is -0.281 e. The fraction of sp³-hybridized carbons (Fsp3) is 0.357. The average Bonchev–Trinajstić information content (AvgIpc) is 2.77. The topological polar surface area (TPSA) is 66.1 Å². The van der Waals surface area contributed by atoms with Gasteiger partial charge in [-0.25, -0.2) is 12.8 Å². The molecule has 112 valence electrons. The summed E-state index contributed by atoms with van der Waals surface area (Å²) in [7, 11) is -3.69. The summed E-state index contributed by atoms with van der Waals surface area (Å²) in [5.74, 6) is -0.344. The van der Waals surface area contributed by atoms with Gasteiger partial charge in [-0.3, -0.25) is 9.40 Å². The van der Waals surface area contributed by atoms with E-state index >= 15 is 0 Å². The number of benzene rings is 1. The Morgan fingerprint density at radius 3 is 2.76 bits per heavy atom. The standard InChI is InChI=1S/C14H16FN3O2S/c1-9-14(10(2)17-16-9)21(19,20)18-7-3-4-11-8-12(15)5-6-13(11)18/h5-6,8H,3-4,7H2,1-2H3,(H,16,17). The molecule has 0 atom stereocenters. The molecular formula is C14H16FN3O2S. The van der Waals surface area contributed by atoms with Crippen LogP contribution in [0, 0.1) is 19.7 Å². The van der Waals surface area contributed by atoms with E-state index in [-0.39, 0.29) is 10.7 Å². The highest BCUT2D eigenvalue weighted by molar-refractivity contribution is 7.93. The zero-order valence-electron chi connectivity index (χ0n) is 11.9. The fourth-order valence-corrected chi connectivity index (χ4v) is 4.69. The van der Waals surface area contributed by atoms with Crippen molar-refractivity contribution in [2.45, 2.75) is 31.6 Å². The Bertz CT molecular complexity index is 779. The van der Waals surface area contributed by atoms with Crippen LogP contribution in [0.1, 0.15) is 23.4 Å². The number of fused-ring (bicyclic) bond motifs is 1. The van der Waals surface area contributed by atoms with Crippen LogP contribution in [-0.2, 0) is 16.4 Å². The third kappa shape index (κ3) is 2.21. The number of H-pyrrole nitrogens is 1. The van der Waals surface area contributed by atoms with Crippen LogP contribution in [0.2, 0.25) is 0 Å². The highest BCUT2D eigenvalue weighted by Gasteiger charge is 2.32. The normalized spacial score (nSPS) is 15.1. The van der Waals surface area contributed by atoms with Crippen LogP contribution in [0.15, 0.2) is 23.1 Å². The molecule has 1 aromatic carbocycles. The van der Waals surface area contributed by atoms with E-state index in [0.29, 0.717) is 36.5 Å². The van der Waals surface area contributed by atoms with E-state index in [1.165, 1.54) is 22.5 Å². The van der Waals surface area contributed by atoms with Crippen molar-refractivity contribution >= 4 is 15.7 Å². The number of aromatic nitrogens is 2. The second-order valence-corrected chi connectivity index (χ2v) is 7.02. The molecule has 21 heavy (non-hydrogen) atoms. The van der Waals surface area contributed by atoms with Crippen LogP contribution in [-0.4, -0.2) is 25.2 Å². The number of sulfonamides is 1. The van der Waals surface area contributed by atoms with Gasteiger partial charge < -0.3 is 0 Å². The van der Waals surface area contributed by atoms with Gasteiger partial charge in [-0.1, -0.05) is 0 Å². The largest absolute Gasteiger partial charge is 0.281 e. The van der Waals surface area contributed by atoms with E-state index in [1.807, 2.05) is 0 Å². The van der Waals surface area contributed by atoms with Crippen LogP contribution in [0.25, 0.3) is 0 Å². The molecule has 0 bridgehead atoms. The molecule has 0 amide bonds. The van der Waals surface area contributed by atoms with Crippen molar-refractivity contribution in [3.8, 4) is 0 Å². The van der Waals surface area contributed by atoms with Gasteiger partial charge in [-0.15, -0.1) is 0 Å². The fourth-order valence-electron chi connectivity index (χ4n) is 2.81. The summed E-state index contributed by atoms with van der Waals surface area (Å²) in [5, 5.41) is 6.66. The van der Waals surface area contributed by atoms with Crippen LogP contribution in [0.3, 0.4) is 0 Å². The van der Waals surface area contributed by atoms with Gasteiger partial charge in [0.05, 0.1) is 17.1 Å². The lowest BCUT2D eigenvalue weighted by Crippen LogP contribution is -2.36. The number of aryl methyl sites for hydroxylation is 3. The maximum Gasteiger partial charge on any atom is 0.267 e. The second kappa shape index (κ2) is 4.84. The Balaban J connectivity index is 2.14. The van der Waals surface area contributed by atoms with Crippen molar-refractivity contribution in [3.05, 3.63) is 41.0 Å². The monoisotopic (exact) mass is 309 g/mol. The smallest absolute Gasteiger partial charge is 0.267 e. The average molecular weight is 309 g/mol. The van der Waals surface area contributed by atoms with Crippen molar-refractivity contribution in [2.24, 2.45) is 0 Å². The van der Waals surface area contributed by atoms with Gasteiger partial charge >= 0.3 is 0 Å². The molecule has 0 unspecified atom stereocenters. The summed E-state index contributed by atoms with van der Waals surface area (Å²) in [5.41, 5.74) is 2.25. The first kappa shape index (κ1) is 14.1. The quantitative estimate of drug-likeness (QED) is 0.925. The minimum atomic E-state index is -3.69. The highest BCUT2D eigenvalue weighted by atomic mass is 32.2. The molecule has 0 saturated carbocycles. The highest BCUT2D eigenvalue weighted by Crippen LogP contribution is 2.33. The SMILES string of the molecule is Cc1n[nH]c(C)c1S(=O)(=O)N1CCCc2cc(F)ccc21. The Labute approximate surface area is 122 Å². The van der Waals surface area contributed by atoms with Crippen molar-refractivity contribution in [1.82, 2.24) is 10.2 Å². The van der Waals surface area contributed by atoms with Gasteiger partial charge in [0.25, 0.3) is 10.0 Å². The van der Waals surface area contributed by atoms with Gasteiger partial charge in [-0.05, 0) is 50.5 Å². The molecule has 0 aliphatic carbocycles. The first-order valence-electron chi connectivity index (χ1n) is 6.74. The van der Waals surface area contributed by atoms with E-state index < -0.39 is 10.0 Å². The van der Waals surface area contributed by atoms with Gasteiger partial charge in [0, 0.05) is 6.54 Å². The number of aromatic amines is 1. The predicted octanol–water partition coefficient (Wildman–Crippen LogP) is 2.31. The molecule has 0 radical (unpaired) electrons. The summed E-state index contributed by atoms with van der Waals surface area (Å²) in [6, 6.07) is 4.24. The van der Waals surface area contributed by atoms with E-state index in [2.05, 4.69) is 10.2 Å². The molecule has 0 fully saturated rings. The number of halogens is 1. The first-order chi connectivity index (χ1) is 9.91. The summed E-state index contributed by atoms with van der Waals surface area (Å²) >= 11 is 0. The molecule has 1 aliphatic rings. The molecule has 2 aromatic rings. The van der Waals surface area contributed by atoms with Gasteiger partial charge in [0.2, 0.25) is 0 Å². The molecule has 1 N–H and O–H groups in total. The van der Waals surface area contributed by atoms with Crippen LogP contribution in [0.5, 0.6) is 0 Å². The zero-order chi connectivity index (χ0) is 15.2. The molecule has 7 heteroatoms. The third-order valence-corrected chi connectivity index (χ3v) is 5.80. The van der Waals surface area contributed by atoms with Crippen LogP contribution in [0.4, 0.5) is 10.1 Å². The lowest BCUT2D eigenvalue weighted by Gasteiger charge is -2.30. The summed E-state index contributed by atoms with van der Waals surface area (Å²) in [6.45, 7) is 3.74. The lowest BCUT2D eigenvalue weighted by molar-refractivity contribution is 0.584. The molecule has 1 aliphatic heterocycles. The Morgan fingerprint density at radius 1 is 1.33 bits per heavy atom. The molecule has 1 aromatic heterocycles. The van der Waals surface area contributed by atoms with E-state index in [1.54, 1.807) is 13.8 Å². The molecule has 0 spiro atoms. The number of hydrogen-bond acceptors (Lipinski definition) is 3. The van der Waals surface area contributed by atoms with E-state index in [9.17, 15) is 12.8 Å². The number of rotatable bonds is 2. The second-order valence-electron chi connectivity index (χ2n) is 5.22. The number of nitrogens with zero attached hydrogens (tertiary/aromatic N) is 2. The van der Waals surface area contributed by atoms with Gasteiger partial charge in [0.1, 0.15) is 10.7 Å². The van der Waals surface area contributed by atoms with Gasteiger partial charge in [-0.2, -0.15) is 5.10 Å².